The van der Waals surface area contributed by atoms with E-state index in [9.17, 15) is 4.79 Å². The number of ether oxygens (including phenoxy) is 1. The van der Waals surface area contributed by atoms with Crippen molar-refractivity contribution in [1.82, 2.24) is 19.7 Å². The molecular weight excluding hydrogens is 545 g/mol. The quantitative estimate of drug-likeness (QED) is 0.241. The average Bonchev–Trinajstić information content (AvgIpc) is 3.62. The molecule has 0 bridgehead atoms. The van der Waals surface area contributed by atoms with Gasteiger partial charge in [0.2, 0.25) is 5.91 Å². The van der Waals surface area contributed by atoms with Gasteiger partial charge in [-0.15, -0.1) is 32.9 Å². The van der Waals surface area contributed by atoms with E-state index in [1.807, 2.05) is 11.4 Å². The van der Waals surface area contributed by atoms with Crippen LogP contribution in [-0.2, 0) is 16.1 Å². The molecule has 1 saturated heterocycles. The number of thiophene rings is 1. The first-order valence-corrected chi connectivity index (χ1v) is 14.4. The summed E-state index contributed by atoms with van der Waals surface area (Å²) in [5.41, 5.74) is 2.48. The summed E-state index contributed by atoms with van der Waals surface area (Å²) in [6.07, 6.45) is 2.20. The molecule has 182 valence electrons. The molecule has 5 rings (SSSR count). The van der Waals surface area contributed by atoms with Crippen LogP contribution in [0, 0.1) is 6.92 Å². The number of aromatic nitrogens is 4. The van der Waals surface area contributed by atoms with Gasteiger partial charge in [-0.25, -0.2) is 4.98 Å². The minimum absolute atomic E-state index is 0.131. The van der Waals surface area contributed by atoms with Gasteiger partial charge in [0, 0.05) is 38.4 Å². The molecule has 7 nitrogen and oxygen atoms in total. The number of halogens is 2. The lowest BCUT2D eigenvalue weighted by Gasteiger charge is -2.14. The first-order chi connectivity index (χ1) is 17.0. The van der Waals surface area contributed by atoms with Crippen LogP contribution in [0.25, 0.3) is 22.6 Å². The molecule has 0 aliphatic carbocycles. The Morgan fingerprint density at radius 1 is 1.26 bits per heavy atom. The maximum Gasteiger partial charge on any atom is 0.236 e. The van der Waals surface area contributed by atoms with Gasteiger partial charge in [0.15, 0.2) is 16.1 Å². The lowest BCUT2D eigenvalue weighted by Crippen LogP contribution is -2.18. The SMILES string of the molecule is Cc1cc(-c2nnc(SCC(=O)Nc3nc(-c4ccc(Cl)cc4Cl)cs3)n2CC2CCCO2)cs1. The first kappa shape index (κ1) is 24.7. The van der Waals surface area contributed by atoms with E-state index in [-0.39, 0.29) is 17.8 Å². The molecule has 1 N–H and O–H groups in total. The molecule has 1 unspecified atom stereocenters. The molecule has 1 aliphatic heterocycles. The summed E-state index contributed by atoms with van der Waals surface area (Å²) >= 11 is 16.6. The second kappa shape index (κ2) is 11.0. The van der Waals surface area contributed by atoms with Crippen LogP contribution in [0.5, 0.6) is 0 Å². The zero-order valence-electron chi connectivity index (χ0n) is 18.7. The van der Waals surface area contributed by atoms with Crippen LogP contribution in [-0.4, -0.2) is 44.1 Å². The minimum atomic E-state index is -0.169. The number of thioether (sulfide) groups is 1. The number of hydrogen-bond acceptors (Lipinski definition) is 8. The lowest BCUT2D eigenvalue weighted by molar-refractivity contribution is -0.113. The van der Waals surface area contributed by atoms with Gasteiger partial charge < -0.3 is 10.1 Å². The Morgan fingerprint density at radius 3 is 2.89 bits per heavy atom. The van der Waals surface area contributed by atoms with Gasteiger partial charge in [-0.3, -0.25) is 9.36 Å². The summed E-state index contributed by atoms with van der Waals surface area (Å²) in [5.74, 6) is 0.818. The summed E-state index contributed by atoms with van der Waals surface area (Å²) in [6.45, 7) is 3.51. The molecule has 4 aromatic rings. The third kappa shape index (κ3) is 5.90. The highest BCUT2D eigenvalue weighted by Gasteiger charge is 2.23. The van der Waals surface area contributed by atoms with Crippen molar-refractivity contribution < 1.29 is 9.53 Å². The number of thiazole rings is 1. The van der Waals surface area contributed by atoms with E-state index in [0.29, 0.717) is 32.6 Å². The lowest BCUT2D eigenvalue weighted by atomic mass is 10.2. The zero-order chi connectivity index (χ0) is 24.4. The molecule has 4 heterocycles. The topological polar surface area (TPSA) is 81.9 Å². The van der Waals surface area contributed by atoms with Crippen LogP contribution in [0.1, 0.15) is 17.7 Å². The summed E-state index contributed by atoms with van der Waals surface area (Å²) in [5, 5.41) is 17.9. The first-order valence-electron chi connectivity index (χ1n) is 10.9. The Bertz CT molecular complexity index is 1350. The summed E-state index contributed by atoms with van der Waals surface area (Å²) in [6, 6.07) is 7.35. The van der Waals surface area contributed by atoms with Crippen molar-refractivity contribution in [1.29, 1.82) is 0 Å². The smallest absolute Gasteiger partial charge is 0.236 e. The molecule has 1 aliphatic rings. The largest absolute Gasteiger partial charge is 0.376 e. The number of amides is 1. The molecule has 1 fully saturated rings. The predicted octanol–water partition coefficient (Wildman–Crippen LogP) is 6.66. The molecule has 0 spiro atoms. The summed E-state index contributed by atoms with van der Waals surface area (Å²) in [4.78, 5) is 18.4. The predicted molar refractivity (Wildman–Crippen MR) is 144 cm³/mol. The van der Waals surface area contributed by atoms with Crippen LogP contribution in [0.2, 0.25) is 10.0 Å². The van der Waals surface area contributed by atoms with Gasteiger partial charge in [-0.1, -0.05) is 35.0 Å². The van der Waals surface area contributed by atoms with E-state index in [2.05, 4.69) is 43.4 Å². The minimum Gasteiger partial charge on any atom is -0.376 e. The number of hydrogen-bond donors (Lipinski definition) is 1. The molecule has 0 radical (unpaired) electrons. The highest BCUT2D eigenvalue weighted by Crippen LogP contribution is 2.33. The van der Waals surface area contributed by atoms with E-state index in [1.165, 1.54) is 28.0 Å². The van der Waals surface area contributed by atoms with Crippen LogP contribution in [0.3, 0.4) is 0 Å². The number of nitrogens with one attached hydrogen (secondary N) is 1. The van der Waals surface area contributed by atoms with E-state index in [0.717, 1.165) is 36.4 Å². The number of carbonyl (C=O) groups is 1. The molecule has 3 aromatic heterocycles. The molecule has 35 heavy (non-hydrogen) atoms. The van der Waals surface area contributed by atoms with Crippen molar-refractivity contribution in [2.24, 2.45) is 0 Å². The van der Waals surface area contributed by atoms with Crippen molar-refractivity contribution in [2.75, 3.05) is 17.7 Å². The van der Waals surface area contributed by atoms with Gasteiger partial charge in [-0.2, -0.15) is 0 Å². The maximum atomic E-state index is 12.7. The Hall–Kier alpha value is -1.95. The number of anilines is 1. The van der Waals surface area contributed by atoms with Crippen molar-refractivity contribution in [3.63, 3.8) is 0 Å². The van der Waals surface area contributed by atoms with Crippen molar-refractivity contribution >= 4 is 68.7 Å². The standard InChI is InChI=1S/C23H21Cl2N5O2S3/c1-13-7-14(10-33-13)21-28-29-23(30(21)9-16-3-2-6-32-16)35-12-20(31)27-22-26-19(11-34-22)17-5-4-15(24)8-18(17)25/h4-5,7-8,10-11,16H,2-3,6,9,12H2,1H3,(H,26,27,31). The fraction of sp³-hybridized carbons (Fsp3) is 0.304. The molecule has 0 saturated carbocycles. The Balaban J connectivity index is 1.26. The fourth-order valence-electron chi connectivity index (χ4n) is 3.76. The van der Waals surface area contributed by atoms with Gasteiger partial charge in [-0.05, 0) is 44.0 Å². The number of rotatable bonds is 8. The van der Waals surface area contributed by atoms with Crippen molar-refractivity contribution in [3.05, 3.63) is 49.9 Å². The molecule has 12 heteroatoms. The normalized spacial score (nSPS) is 15.6. The average molecular weight is 567 g/mol. The number of aryl methyl sites for hydroxylation is 1. The van der Waals surface area contributed by atoms with Crippen LogP contribution < -0.4 is 5.32 Å². The number of nitrogens with zero attached hydrogens (tertiary/aromatic N) is 4. The van der Waals surface area contributed by atoms with Gasteiger partial charge in [0.05, 0.1) is 29.1 Å². The number of benzene rings is 1. The third-order valence-corrected chi connectivity index (χ3v) is 8.54. The monoisotopic (exact) mass is 565 g/mol. The Kier molecular flexibility index (Phi) is 7.76. The van der Waals surface area contributed by atoms with Crippen LogP contribution >= 0.6 is 57.6 Å². The van der Waals surface area contributed by atoms with Crippen molar-refractivity contribution in [3.8, 4) is 22.6 Å². The summed E-state index contributed by atoms with van der Waals surface area (Å²) < 4.78 is 7.92. The van der Waals surface area contributed by atoms with E-state index in [1.54, 1.807) is 23.5 Å². The highest BCUT2D eigenvalue weighted by atomic mass is 35.5. The Morgan fingerprint density at radius 2 is 2.14 bits per heavy atom. The summed E-state index contributed by atoms with van der Waals surface area (Å²) in [7, 11) is 0. The maximum absolute atomic E-state index is 12.7. The van der Waals surface area contributed by atoms with Crippen molar-refractivity contribution in [2.45, 2.75) is 37.6 Å². The van der Waals surface area contributed by atoms with Gasteiger partial charge >= 0.3 is 0 Å². The molecule has 1 atom stereocenters. The second-order valence-electron chi connectivity index (χ2n) is 8.00. The third-order valence-electron chi connectivity index (χ3n) is 5.41. The highest BCUT2D eigenvalue weighted by molar-refractivity contribution is 7.99. The van der Waals surface area contributed by atoms with Gasteiger partial charge in [0.1, 0.15) is 0 Å². The molecular formula is C23H21Cl2N5O2S3. The van der Waals surface area contributed by atoms with Crippen LogP contribution in [0.4, 0.5) is 5.13 Å². The zero-order valence-corrected chi connectivity index (χ0v) is 22.6. The molecule has 1 aromatic carbocycles. The Labute approximate surface area is 224 Å². The number of carbonyl (C=O) groups excluding carboxylic acids is 1. The fourth-order valence-corrected chi connectivity index (χ4v) is 6.42. The molecule has 1 amide bonds. The van der Waals surface area contributed by atoms with E-state index >= 15 is 0 Å². The van der Waals surface area contributed by atoms with E-state index < -0.39 is 0 Å². The van der Waals surface area contributed by atoms with Crippen LogP contribution in [0.15, 0.2) is 40.2 Å². The van der Waals surface area contributed by atoms with Gasteiger partial charge in [0.25, 0.3) is 0 Å². The second-order valence-corrected chi connectivity index (χ2v) is 11.8. The van der Waals surface area contributed by atoms with E-state index in [4.69, 9.17) is 27.9 Å².